The van der Waals surface area contributed by atoms with E-state index in [1.807, 2.05) is 58.3 Å². The molecule has 8 heteroatoms. The van der Waals surface area contributed by atoms with Crippen molar-refractivity contribution in [1.82, 2.24) is 25.2 Å². The van der Waals surface area contributed by atoms with Gasteiger partial charge in [-0.2, -0.15) is 0 Å². The number of amides is 1. The molecule has 8 nitrogen and oxygen atoms in total. The summed E-state index contributed by atoms with van der Waals surface area (Å²) in [4.78, 5) is 26.5. The second-order valence-corrected chi connectivity index (χ2v) is 7.09. The van der Waals surface area contributed by atoms with E-state index in [4.69, 9.17) is 0 Å². The first kappa shape index (κ1) is 19.6. The SMILES string of the molecule is CN=C(NCc1ccc(N2CCCC2=O)cc1)NCc1ccc(-n2ccnc2)nc1. The van der Waals surface area contributed by atoms with Gasteiger partial charge in [0.25, 0.3) is 0 Å². The summed E-state index contributed by atoms with van der Waals surface area (Å²) in [6.07, 6.45) is 8.74. The van der Waals surface area contributed by atoms with Gasteiger partial charge in [-0.05, 0) is 35.7 Å². The van der Waals surface area contributed by atoms with Gasteiger partial charge in [0.15, 0.2) is 5.96 Å². The predicted molar refractivity (Wildman–Crippen MR) is 116 cm³/mol. The Kier molecular flexibility index (Phi) is 6.03. The lowest BCUT2D eigenvalue weighted by atomic mass is 10.2. The maximum Gasteiger partial charge on any atom is 0.227 e. The molecule has 1 aromatic carbocycles. The minimum Gasteiger partial charge on any atom is -0.352 e. The van der Waals surface area contributed by atoms with Gasteiger partial charge in [0.1, 0.15) is 12.1 Å². The summed E-state index contributed by atoms with van der Waals surface area (Å²) in [5.41, 5.74) is 3.15. The highest BCUT2D eigenvalue weighted by atomic mass is 16.2. The standard InChI is InChI=1S/C22H25N7O/c1-23-22(27-15-18-6-9-20(25-14-18)28-12-10-24-16-28)26-13-17-4-7-19(8-5-17)29-11-2-3-21(29)30/h4-10,12,14,16H,2-3,11,13,15H2,1H3,(H2,23,26,27). The van der Waals surface area contributed by atoms with Gasteiger partial charge >= 0.3 is 0 Å². The fraction of sp³-hybridized carbons (Fsp3) is 0.273. The third kappa shape index (κ3) is 4.65. The monoisotopic (exact) mass is 403 g/mol. The van der Waals surface area contributed by atoms with Gasteiger partial charge in [-0.3, -0.25) is 14.4 Å². The Bertz CT molecular complexity index is 995. The lowest BCUT2D eigenvalue weighted by Crippen LogP contribution is -2.36. The Morgan fingerprint density at radius 2 is 1.87 bits per heavy atom. The molecule has 1 saturated heterocycles. The highest BCUT2D eigenvalue weighted by molar-refractivity contribution is 5.95. The zero-order chi connectivity index (χ0) is 20.8. The van der Waals surface area contributed by atoms with Crippen molar-refractivity contribution in [3.05, 3.63) is 72.4 Å². The molecule has 1 aliphatic rings. The van der Waals surface area contributed by atoms with Crippen molar-refractivity contribution >= 4 is 17.6 Å². The number of nitrogens with one attached hydrogen (secondary N) is 2. The molecule has 3 heterocycles. The van der Waals surface area contributed by atoms with Crippen molar-refractivity contribution in [2.24, 2.45) is 4.99 Å². The largest absolute Gasteiger partial charge is 0.352 e. The Labute approximate surface area is 175 Å². The van der Waals surface area contributed by atoms with Crippen LogP contribution in [0.5, 0.6) is 0 Å². The van der Waals surface area contributed by atoms with Crippen LogP contribution >= 0.6 is 0 Å². The van der Waals surface area contributed by atoms with Crippen molar-refractivity contribution < 1.29 is 4.79 Å². The molecule has 4 rings (SSSR count). The maximum absolute atomic E-state index is 11.9. The van der Waals surface area contributed by atoms with E-state index in [0.717, 1.165) is 35.6 Å². The molecule has 3 aromatic rings. The van der Waals surface area contributed by atoms with Gasteiger partial charge in [0.2, 0.25) is 5.91 Å². The molecular weight excluding hydrogens is 378 g/mol. The first-order valence-electron chi connectivity index (χ1n) is 10.00. The number of hydrogen-bond donors (Lipinski definition) is 2. The van der Waals surface area contributed by atoms with Gasteiger partial charge in [-0.15, -0.1) is 0 Å². The van der Waals surface area contributed by atoms with Crippen LogP contribution in [-0.4, -0.2) is 40.0 Å². The number of rotatable bonds is 6. The minimum atomic E-state index is 0.207. The molecular formula is C22H25N7O. The quantitative estimate of drug-likeness (QED) is 0.487. The number of carbonyl (C=O) groups is 1. The molecule has 1 amide bonds. The van der Waals surface area contributed by atoms with Crippen molar-refractivity contribution in [2.45, 2.75) is 25.9 Å². The fourth-order valence-corrected chi connectivity index (χ4v) is 3.38. The van der Waals surface area contributed by atoms with Gasteiger partial charge in [-0.25, -0.2) is 9.97 Å². The van der Waals surface area contributed by atoms with Crippen LogP contribution in [0.25, 0.3) is 5.82 Å². The zero-order valence-electron chi connectivity index (χ0n) is 17.0. The summed E-state index contributed by atoms with van der Waals surface area (Å²) >= 11 is 0. The molecule has 0 radical (unpaired) electrons. The number of carbonyl (C=O) groups excluding carboxylic acids is 1. The average Bonchev–Trinajstić information content (AvgIpc) is 3.47. The topological polar surface area (TPSA) is 87.4 Å². The van der Waals surface area contributed by atoms with Gasteiger partial charge < -0.3 is 15.5 Å². The van der Waals surface area contributed by atoms with Crippen LogP contribution in [0.1, 0.15) is 24.0 Å². The van der Waals surface area contributed by atoms with Crippen molar-refractivity contribution in [3.8, 4) is 5.82 Å². The highest BCUT2D eigenvalue weighted by Crippen LogP contribution is 2.21. The van der Waals surface area contributed by atoms with Crippen LogP contribution in [0, 0.1) is 0 Å². The third-order valence-corrected chi connectivity index (χ3v) is 5.04. The number of pyridine rings is 1. The van der Waals surface area contributed by atoms with E-state index in [1.54, 1.807) is 19.6 Å². The average molecular weight is 403 g/mol. The van der Waals surface area contributed by atoms with Crippen LogP contribution < -0.4 is 15.5 Å². The number of anilines is 1. The van der Waals surface area contributed by atoms with Crippen LogP contribution in [-0.2, 0) is 17.9 Å². The summed E-state index contributed by atoms with van der Waals surface area (Å²) < 4.78 is 1.86. The summed E-state index contributed by atoms with van der Waals surface area (Å²) in [5, 5.41) is 6.61. The van der Waals surface area contributed by atoms with E-state index in [-0.39, 0.29) is 5.91 Å². The molecule has 0 bridgehead atoms. The number of guanidine groups is 1. The van der Waals surface area contributed by atoms with Gasteiger partial charge in [0.05, 0.1) is 0 Å². The number of aliphatic imine (C=N–C) groups is 1. The molecule has 1 aliphatic heterocycles. The van der Waals surface area contributed by atoms with Crippen LogP contribution in [0.15, 0.2) is 66.3 Å². The number of aromatic nitrogens is 3. The van der Waals surface area contributed by atoms with Crippen LogP contribution in [0.2, 0.25) is 0 Å². The molecule has 0 unspecified atom stereocenters. The van der Waals surface area contributed by atoms with E-state index >= 15 is 0 Å². The molecule has 154 valence electrons. The van der Waals surface area contributed by atoms with Crippen LogP contribution in [0.4, 0.5) is 5.69 Å². The Morgan fingerprint density at radius 3 is 2.47 bits per heavy atom. The molecule has 1 fully saturated rings. The van der Waals surface area contributed by atoms with Gasteiger partial charge in [0, 0.05) is 57.4 Å². The second-order valence-electron chi connectivity index (χ2n) is 7.09. The minimum absolute atomic E-state index is 0.207. The normalized spacial score (nSPS) is 14.2. The molecule has 30 heavy (non-hydrogen) atoms. The van der Waals surface area contributed by atoms with E-state index in [1.165, 1.54) is 0 Å². The number of nitrogens with zero attached hydrogens (tertiary/aromatic N) is 5. The van der Waals surface area contributed by atoms with Crippen molar-refractivity contribution in [1.29, 1.82) is 0 Å². The van der Waals surface area contributed by atoms with Crippen molar-refractivity contribution in [2.75, 3.05) is 18.5 Å². The highest BCUT2D eigenvalue weighted by Gasteiger charge is 2.21. The molecule has 0 atom stereocenters. The molecule has 2 aromatic heterocycles. The number of hydrogen-bond acceptors (Lipinski definition) is 4. The van der Waals surface area contributed by atoms with Crippen LogP contribution in [0.3, 0.4) is 0 Å². The van der Waals surface area contributed by atoms with E-state index in [2.05, 4.69) is 25.6 Å². The van der Waals surface area contributed by atoms with E-state index in [0.29, 0.717) is 25.5 Å². The Hall–Kier alpha value is -3.68. The zero-order valence-corrected chi connectivity index (χ0v) is 17.0. The summed E-state index contributed by atoms with van der Waals surface area (Å²) in [7, 11) is 1.75. The summed E-state index contributed by atoms with van der Waals surface area (Å²) in [6, 6.07) is 12.1. The summed E-state index contributed by atoms with van der Waals surface area (Å²) in [6.45, 7) is 2.07. The smallest absolute Gasteiger partial charge is 0.227 e. The van der Waals surface area contributed by atoms with E-state index < -0.39 is 0 Å². The molecule has 0 aliphatic carbocycles. The van der Waals surface area contributed by atoms with Crippen molar-refractivity contribution in [3.63, 3.8) is 0 Å². The fourth-order valence-electron chi connectivity index (χ4n) is 3.38. The first-order valence-corrected chi connectivity index (χ1v) is 10.00. The predicted octanol–water partition coefficient (Wildman–Crippen LogP) is 2.26. The Morgan fingerprint density at radius 1 is 1.10 bits per heavy atom. The Balaban J connectivity index is 1.27. The molecule has 0 spiro atoms. The molecule has 0 saturated carbocycles. The lowest BCUT2D eigenvalue weighted by Gasteiger charge is -2.16. The third-order valence-electron chi connectivity index (χ3n) is 5.04. The summed E-state index contributed by atoms with van der Waals surface area (Å²) in [5.74, 6) is 1.75. The second kappa shape index (κ2) is 9.21. The molecule has 2 N–H and O–H groups in total. The number of imidazole rings is 1. The maximum atomic E-state index is 11.9. The van der Waals surface area contributed by atoms with Gasteiger partial charge in [-0.1, -0.05) is 18.2 Å². The number of benzene rings is 1. The first-order chi connectivity index (χ1) is 14.7. The lowest BCUT2D eigenvalue weighted by molar-refractivity contribution is -0.117. The van der Waals surface area contributed by atoms with E-state index in [9.17, 15) is 4.79 Å².